The molecule has 9 nitrogen and oxygen atoms in total. The Kier molecular flexibility index (Phi) is 9.91. The summed E-state index contributed by atoms with van der Waals surface area (Å²) in [6.45, 7) is -1.17. The van der Waals surface area contributed by atoms with Gasteiger partial charge in [-0.3, -0.25) is 4.98 Å². The second-order valence-electron chi connectivity index (χ2n) is 5.29. The zero-order valence-corrected chi connectivity index (χ0v) is 13.2. The van der Waals surface area contributed by atoms with Gasteiger partial charge < -0.3 is 40.1 Å². The van der Waals surface area contributed by atoms with Gasteiger partial charge >= 0.3 is 0 Å². The number of hydrogen-bond acceptors (Lipinski definition) is 9. The maximum atomic E-state index is 9.45. The molecule has 1 heterocycles. The molecular formula is C15H25NO8. The summed E-state index contributed by atoms with van der Waals surface area (Å²) in [4.78, 5) is 4.26. The molecule has 4 unspecified atom stereocenters. The number of rotatable bonds is 12. The van der Waals surface area contributed by atoms with Crippen molar-refractivity contribution >= 4 is 0 Å². The summed E-state index contributed by atoms with van der Waals surface area (Å²) in [6, 6.07) is 5.16. The van der Waals surface area contributed by atoms with Crippen LogP contribution in [0.15, 0.2) is 18.2 Å². The first-order valence-corrected chi connectivity index (χ1v) is 7.52. The van der Waals surface area contributed by atoms with Gasteiger partial charge in [0, 0.05) is 0 Å². The molecule has 9 heteroatoms. The van der Waals surface area contributed by atoms with Crippen molar-refractivity contribution in [3.8, 4) is 0 Å². The maximum absolute atomic E-state index is 9.45. The molecule has 1 aromatic heterocycles. The molecular weight excluding hydrogens is 322 g/mol. The second-order valence-corrected chi connectivity index (χ2v) is 5.29. The van der Waals surface area contributed by atoms with Gasteiger partial charge in [0.05, 0.1) is 51.0 Å². The number of pyridine rings is 1. The molecule has 0 amide bonds. The monoisotopic (exact) mass is 347 g/mol. The van der Waals surface area contributed by atoms with Crippen LogP contribution in [0.1, 0.15) is 11.4 Å². The van der Waals surface area contributed by atoms with Crippen LogP contribution in [0.4, 0.5) is 0 Å². The van der Waals surface area contributed by atoms with Crippen molar-refractivity contribution < 1.29 is 40.1 Å². The van der Waals surface area contributed by atoms with E-state index in [4.69, 9.17) is 19.7 Å². The Morgan fingerprint density at radius 3 is 1.54 bits per heavy atom. The van der Waals surface area contributed by atoms with Gasteiger partial charge in [-0.15, -0.1) is 0 Å². The Labute approximate surface area is 139 Å². The molecule has 0 aliphatic rings. The number of aromatic nitrogens is 1. The van der Waals surface area contributed by atoms with E-state index >= 15 is 0 Å². The number of aliphatic hydroxyl groups excluding tert-OH is 6. The van der Waals surface area contributed by atoms with Crippen LogP contribution in [-0.4, -0.2) is 86.5 Å². The fourth-order valence-electron chi connectivity index (χ4n) is 1.72. The molecule has 1 aromatic rings. The molecule has 6 N–H and O–H groups in total. The Hall–Kier alpha value is -1.17. The first kappa shape index (κ1) is 20.9. The first-order valence-electron chi connectivity index (χ1n) is 7.52. The molecule has 4 atom stereocenters. The molecule has 0 saturated heterocycles. The van der Waals surface area contributed by atoms with Crippen LogP contribution in [0, 0.1) is 0 Å². The minimum atomic E-state index is -1.25. The third-order valence-corrected chi connectivity index (χ3v) is 3.20. The van der Waals surface area contributed by atoms with E-state index in [0.29, 0.717) is 11.4 Å². The van der Waals surface area contributed by atoms with Crippen LogP contribution >= 0.6 is 0 Å². The van der Waals surface area contributed by atoms with Gasteiger partial charge in [0.2, 0.25) is 0 Å². The zero-order chi connectivity index (χ0) is 17.9. The lowest BCUT2D eigenvalue weighted by Gasteiger charge is -2.16. The summed E-state index contributed by atoms with van der Waals surface area (Å²) >= 11 is 0. The quantitative estimate of drug-likeness (QED) is 0.242. The average Bonchev–Trinajstić information content (AvgIpc) is 2.60. The van der Waals surface area contributed by atoms with Gasteiger partial charge in [-0.2, -0.15) is 0 Å². The third-order valence-electron chi connectivity index (χ3n) is 3.20. The highest BCUT2D eigenvalue weighted by Gasteiger charge is 2.16. The lowest BCUT2D eigenvalue weighted by Crippen LogP contribution is -2.33. The summed E-state index contributed by atoms with van der Waals surface area (Å²) in [5.74, 6) is 0. The molecule has 24 heavy (non-hydrogen) atoms. The fraction of sp³-hybridized carbons (Fsp3) is 0.667. The number of hydrogen-bond donors (Lipinski definition) is 6. The number of aliphatic hydroxyl groups is 6. The predicted octanol–water partition coefficient (Wildman–Crippen LogP) is -2.46. The molecule has 0 saturated carbocycles. The Balaban J connectivity index is 2.35. The van der Waals surface area contributed by atoms with Crippen LogP contribution in [0.25, 0.3) is 0 Å². The van der Waals surface area contributed by atoms with Crippen LogP contribution in [-0.2, 0) is 22.7 Å². The third kappa shape index (κ3) is 7.60. The molecule has 138 valence electrons. The van der Waals surface area contributed by atoms with Gasteiger partial charge in [0.25, 0.3) is 0 Å². The van der Waals surface area contributed by atoms with Crippen molar-refractivity contribution in [1.29, 1.82) is 0 Å². The van der Waals surface area contributed by atoms with E-state index < -0.39 is 37.6 Å². The van der Waals surface area contributed by atoms with Gasteiger partial charge in [0.15, 0.2) is 0 Å². The van der Waals surface area contributed by atoms with Gasteiger partial charge in [-0.05, 0) is 12.1 Å². The van der Waals surface area contributed by atoms with Crippen molar-refractivity contribution in [3.63, 3.8) is 0 Å². The van der Waals surface area contributed by atoms with Crippen LogP contribution in [0.3, 0.4) is 0 Å². The van der Waals surface area contributed by atoms with Gasteiger partial charge in [-0.1, -0.05) is 6.07 Å². The van der Waals surface area contributed by atoms with E-state index in [2.05, 4.69) is 4.98 Å². The number of ether oxygens (including phenoxy) is 2. The van der Waals surface area contributed by atoms with E-state index in [-0.39, 0.29) is 26.4 Å². The first-order chi connectivity index (χ1) is 11.5. The average molecular weight is 347 g/mol. The summed E-state index contributed by atoms with van der Waals surface area (Å²) in [6.07, 6.45) is -4.86. The molecule has 0 aromatic carbocycles. The van der Waals surface area contributed by atoms with Crippen molar-refractivity contribution in [3.05, 3.63) is 29.6 Å². The molecule has 1 rings (SSSR count). The molecule has 0 bridgehead atoms. The van der Waals surface area contributed by atoms with Crippen LogP contribution in [0.5, 0.6) is 0 Å². The highest BCUT2D eigenvalue weighted by atomic mass is 16.5. The van der Waals surface area contributed by atoms with Crippen molar-refractivity contribution in [2.24, 2.45) is 0 Å². The topological polar surface area (TPSA) is 153 Å². The lowest BCUT2D eigenvalue weighted by atomic mass is 10.2. The highest BCUT2D eigenvalue weighted by Crippen LogP contribution is 2.05. The lowest BCUT2D eigenvalue weighted by molar-refractivity contribution is -0.0615. The molecule has 0 spiro atoms. The highest BCUT2D eigenvalue weighted by molar-refractivity contribution is 5.10. The Morgan fingerprint density at radius 1 is 0.750 bits per heavy atom. The fourth-order valence-corrected chi connectivity index (χ4v) is 1.72. The molecule has 0 aliphatic heterocycles. The zero-order valence-electron chi connectivity index (χ0n) is 13.2. The second kappa shape index (κ2) is 11.4. The van der Waals surface area contributed by atoms with Crippen molar-refractivity contribution in [2.45, 2.75) is 37.6 Å². The van der Waals surface area contributed by atoms with Crippen molar-refractivity contribution in [2.75, 3.05) is 26.4 Å². The van der Waals surface area contributed by atoms with Gasteiger partial charge in [-0.25, -0.2) is 0 Å². The van der Waals surface area contributed by atoms with E-state index in [0.717, 1.165) is 0 Å². The van der Waals surface area contributed by atoms with Crippen LogP contribution < -0.4 is 0 Å². The summed E-state index contributed by atoms with van der Waals surface area (Å²) in [5.41, 5.74) is 1.16. The minimum Gasteiger partial charge on any atom is -0.394 e. The maximum Gasteiger partial charge on any atom is 0.105 e. The van der Waals surface area contributed by atoms with E-state index in [1.165, 1.54) is 0 Å². The van der Waals surface area contributed by atoms with Crippen molar-refractivity contribution in [1.82, 2.24) is 4.98 Å². The minimum absolute atomic E-state index is 0.106. The summed E-state index contributed by atoms with van der Waals surface area (Å²) in [7, 11) is 0. The molecule has 0 aliphatic carbocycles. The molecule has 0 radical (unpaired) electrons. The summed E-state index contributed by atoms with van der Waals surface area (Å²) in [5, 5.41) is 54.7. The Bertz CT molecular complexity index is 424. The van der Waals surface area contributed by atoms with E-state index in [1.54, 1.807) is 18.2 Å². The van der Waals surface area contributed by atoms with E-state index in [1.807, 2.05) is 0 Å². The smallest absolute Gasteiger partial charge is 0.105 e. The SMILES string of the molecule is OCC(O)C(O)COCc1cccc(COCC(O)C(O)CO)n1. The number of nitrogens with zero attached hydrogens (tertiary/aromatic N) is 1. The summed E-state index contributed by atoms with van der Waals surface area (Å²) < 4.78 is 10.4. The standard InChI is InChI=1S/C15H25NO8/c17-4-12(19)14(21)8-23-6-10-2-1-3-11(16-10)7-24-9-15(22)13(20)5-18/h1-3,12-15,17-22H,4-9H2. The normalized spacial score (nSPS) is 16.6. The van der Waals surface area contributed by atoms with Gasteiger partial charge in [0.1, 0.15) is 24.4 Å². The van der Waals surface area contributed by atoms with E-state index in [9.17, 15) is 20.4 Å². The predicted molar refractivity (Wildman–Crippen MR) is 81.7 cm³/mol. The van der Waals surface area contributed by atoms with Crippen LogP contribution in [0.2, 0.25) is 0 Å². The Morgan fingerprint density at radius 2 is 1.17 bits per heavy atom. The molecule has 0 fully saturated rings. The largest absolute Gasteiger partial charge is 0.394 e.